The van der Waals surface area contributed by atoms with Crippen molar-refractivity contribution in [2.75, 3.05) is 26.9 Å². The highest BCUT2D eigenvalue weighted by molar-refractivity contribution is 5.89. The summed E-state index contributed by atoms with van der Waals surface area (Å²) in [4.78, 5) is 25.8. The molecule has 0 fully saturated rings. The van der Waals surface area contributed by atoms with Crippen LogP contribution in [-0.2, 0) is 14.3 Å². The van der Waals surface area contributed by atoms with E-state index in [-0.39, 0.29) is 18.6 Å². The minimum Gasteiger partial charge on any atom is -0.486 e. The Bertz CT molecular complexity index is 862. The summed E-state index contributed by atoms with van der Waals surface area (Å²) in [5, 5.41) is 0. The Balaban J connectivity index is 1.51. The first-order valence-corrected chi connectivity index (χ1v) is 9.09. The van der Waals surface area contributed by atoms with Crippen molar-refractivity contribution < 1.29 is 23.8 Å². The number of likely N-dealkylation sites (N-methyl/N-ethyl adjacent to an activating group) is 1. The molecule has 0 spiro atoms. The monoisotopic (exact) mass is 381 g/mol. The van der Waals surface area contributed by atoms with E-state index < -0.39 is 5.97 Å². The van der Waals surface area contributed by atoms with Crippen LogP contribution in [0.1, 0.15) is 24.1 Å². The maximum absolute atomic E-state index is 12.3. The third kappa shape index (κ3) is 4.91. The molecular weight excluding hydrogens is 358 g/mol. The normalized spacial score (nSPS) is 13.8. The predicted molar refractivity (Wildman–Crippen MR) is 105 cm³/mol. The number of carbonyl (C=O) groups is 2. The average molecular weight is 381 g/mol. The van der Waals surface area contributed by atoms with Crippen LogP contribution in [-0.4, -0.2) is 43.6 Å². The molecule has 6 heteroatoms. The van der Waals surface area contributed by atoms with E-state index in [0.29, 0.717) is 24.7 Å². The molecule has 146 valence electrons. The quantitative estimate of drug-likeness (QED) is 0.568. The first-order valence-electron chi connectivity index (χ1n) is 9.09. The molecule has 0 aliphatic carbocycles. The number of hydrogen-bond acceptors (Lipinski definition) is 5. The van der Waals surface area contributed by atoms with Crippen LogP contribution in [0.2, 0.25) is 0 Å². The predicted octanol–water partition coefficient (Wildman–Crippen LogP) is 3.23. The minimum atomic E-state index is -0.580. The molecule has 2 aromatic rings. The van der Waals surface area contributed by atoms with Crippen molar-refractivity contribution in [1.29, 1.82) is 0 Å². The SMILES string of the molecule is C[C@H](c1ccccc1)N(C)C(=O)COC(=O)/C=C/c1ccc2c(c1)OCCO2. The summed E-state index contributed by atoms with van der Waals surface area (Å²) in [6.45, 7) is 2.65. The molecule has 1 aliphatic heterocycles. The van der Waals surface area contributed by atoms with Gasteiger partial charge in [0.25, 0.3) is 5.91 Å². The number of fused-ring (bicyclic) bond motifs is 1. The Labute approximate surface area is 164 Å². The van der Waals surface area contributed by atoms with E-state index in [9.17, 15) is 9.59 Å². The van der Waals surface area contributed by atoms with Gasteiger partial charge in [0.1, 0.15) is 13.2 Å². The Kier molecular flexibility index (Phi) is 6.32. The van der Waals surface area contributed by atoms with E-state index in [4.69, 9.17) is 14.2 Å². The number of esters is 1. The van der Waals surface area contributed by atoms with Gasteiger partial charge in [-0.1, -0.05) is 36.4 Å². The van der Waals surface area contributed by atoms with Gasteiger partial charge in [0.15, 0.2) is 18.1 Å². The van der Waals surface area contributed by atoms with Gasteiger partial charge in [-0.25, -0.2) is 4.79 Å². The van der Waals surface area contributed by atoms with Crippen LogP contribution >= 0.6 is 0 Å². The fourth-order valence-corrected chi connectivity index (χ4v) is 2.78. The molecule has 2 aromatic carbocycles. The van der Waals surface area contributed by atoms with Crippen LogP contribution in [0.25, 0.3) is 6.08 Å². The van der Waals surface area contributed by atoms with Crippen molar-refractivity contribution >= 4 is 18.0 Å². The first-order chi connectivity index (χ1) is 13.5. The first kappa shape index (κ1) is 19.5. The van der Waals surface area contributed by atoms with Crippen molar-refractivity contribution in [2.45, 2.75) is 13.0 Å². The van der Waals surface area contributed by atoms with Crippen LogP contribution in [0.15, 0.2) is 54.6 Å². The number of nitrogens with zero attached hydrogens (tertiary/aromatic N) is 1. The molecule has 0 radical (unpaired) electrons. The zero-order valence-corrected chi connectivity index (χ0v) is 16.0. The van der Waals surface area contributed by atoms with E-state index in [0.717, 1.165) is 11.1 Å². The average Bonchev–Trinajstić information content (AvgIpc) is 2.75. The molecule has 0 saturated carbocycles. The molecule has 0 N–H and O–H groups in total. The third-order valence-electron chi connectivity index (χ3n) is 4.57. The van der Waals surface area contributed by atoms with Crippen LogP contribution in [0.4, 0.5) is 0 Å². The number of amides is 1. The van der Waals surface area contributed by atoms with E-state index in [1.807, 2.05) is 43.3 Å². The topological polar surface area (TPSA) is 65.1 Å². The highest BCUT2D eigenvalue weighted by Gasteiger charge is 2.18. The van der Waals surface area contributed by atoms with Crippen molar-refractivity contribution in [3.8, 4) is 11.5 Å². The molecule has 0 saturated heterocycles. The number of hydrogen-bond donors (Lipinski definition) is 0. The molecule has 0 unspecified atom stereocenters. The maximum Gasteiger partial charge on any atom is 0.331 e. The van der Waals surface area contributed by atoms with Gasteiger partial charge in [-0.3, -0.25) is 4.79 Å². The van der Waals surface area contributed by atoms with Gasteiger partial charge in [-0.15, -0.1) is 0 Å². The van der Waals surface area contributed by atoms with Crippen molar-refractivity contribution in [2.24, 2.45) is 0 Å². The van der Waals surface area contributed by atoms with Crippen molar-refractivity contribution in [1.82, 2.24) is 4.90 Å². The van der Waals surface area contributed by atoms with Crippen LogP contribution < -0.4 is 9.47 Å². The summed E-state index contributed by atoms with van der Waals surface area (Å²) in [5.74, 6) is 0.488. The van der Waals surface area contributed by atoms with Crippen molar-refractivity contribution in [3.05, 3.63) is 65.7 Å². The minimum absolute atomic E-state index is 0.111. The van der Waals surface area contributed by atoms with Gasteiger partial charge in [-0.2, -0.15) is 0 Å². The fourth-order valence-electron chi connectivity index (χ4n) is 2.78. The molecule has 28 heavy (non-hydrogen) atoms. The lowest BCUT2D eigenvalue weighted by Gasteiger charge is -2.25. The number of carbonyl (C=O) groups excluding carboxylic acids is 2. The van der Waals surface area contributed by atoms with Gasteiger partial charge >= 0.3 is 5.97 Å². The van der Waals surface area contributed by atoms with E-state index in [1.54, 1.807) is 30.2 Å². The molecule has 1 heterocycles. The van der Waals surface area contributed by atoms with Gasteiger partial charge in [0, 0.05) is 13.1 Å². The fraction of sp³-hybridized carbons (Fsp3) is 0.273. The lowest BCUT2D eigenvalue weighted by atomic mass is 10.1. The maximum atomic E-state index is 12.3. The second-order valence-electron chi connectivity index (χ2n) is 6.44. The lowest BCUT2D eigenvalue weighted by molar-refractivity contribution is -0.148. The van der Waals surface area contributed by atoms with Gasteiger partial charge in [-0.05, 0) is 36.3 Å². The zero-order chi connectivity index (χ0) is 19.9. The molecule has 3 rings (SSSR count). The van der Waals surface area contributed by atoms with E-state index in [2.05, 4.69) is 0 Å². The van der Waals surface area contributed by atoms with Crippen LogP contribution in [0.5, 0.6) is 11.5 Å². The van der Waals surface area contributed by atoms with Crippen LogP contribution in [0, 0.1) is 0 Å². The lowest BCUT2D eigenvalue weighted by Crippen LogP contribution is -2.33. The highest BCUT2D eigenvalue weighted by Crippen LogP contribution is 2.31. The van der Waals surface area contributed by atoms with Gasteiger partial charge in [0.2, 0.25) is 0 Å². The molecule has 0 bridgehead atoms. The second kappa shape index (κ2) is 9.08. The number of benzene rings is 2. The molecule has 1 amide bonds. The Morgan fingerprint density at radius 1 is 1.11 bits per heavy atom. The molecule has 1 aliphatic rings. The molecule has 1 atom stereocenters. The molecular formula is C22H23NO5. The Morgan fingerprint density at radius 3 is 2.57 bits per heavy atom. The summed E-state index contributed by atoms with van der Waals surface area (Å²) in [5.41, 5.74) is 1.80. The largest absolute Gasteiger partial charge is 0.486 e. The Morgan fingerprint density at radius 2 is 1.82 bits per heavy atom. The van der Waals surface area contributed by atoms with E-state index >= 15 is 0 Å². The number of rotatable bonds is 6. The summed E-state index contributed by atoms with van der Waals surface area (Å²) in [6.07, 6.45) is 2.90. The summed E-state index contributed by atoms with van der Waals surface area (Å²) in [6, 6.07) is 15.0. The van der Waals surface area contributed by atoms with Gasteiger partial charge in [0.05, 0.1) is 6.04 Å². The van der Waals surface area contributed by atoms with E-state index in [1.165, 1.54) is 6.08 Å². The summed E-state index contributed by atoms with van der Waals surface area (Å²) < 4.78 is 16.0. The highest BCUT2D eigenvalue weighted by atomic mass is 16.6. The smallest absolute Gasteiger partial charge is 0.331 e. The molecule has 0 aromatic heterocycles. The zero-order valence-electron chi connectivity index (χ0n) is 16.0. The second-order valence-corrected chi connectivity index (χ2v) is 6.44. The summed E-state index contributed by atoms with van der Waals surface area (Å²) in [7, 11) is 1.69. The van der Waals surface area contributed by atoms with Gasteiger partial charge < -0.3 is 19.1 Å². The Hall–Kier alpha value is -3.28. The standard InChI is InChI=1S/C22H23NO5/c1-16(18-6-4-3-5-7-18)23(2)21(24)15-28-22(25)11-9-17-8-10-19-20(14-17)27-13-12-26-19/h3-11,14,16H,12-13,15H2,1-2H3/b11-9+/t16-/m1/s1. The number of ether oxygens (including phenoxy) is 3. The summed E-state index contributed by atoms with van der Waals surface area (Å²) >= 11 is 0. The van der Waals surface area contributed by atoms with Crippen molar-refractivity contribution in [3.63, 3.8) is 0 Å². The third-order valence-corrected chi connectivity index (χ3v) is 4.57. The molecule has 6 nitrogen and oxygen atoms in total. The van der Waals surface area contributed by atoms with Crippen LogP contribution in [0.3, 0.4) is 0 Å².